The van der Waals surface area contributed by atoms with Crippen LogP contribution in [0.25, 0.3) is 11.1 Å². The van der Waals surface area contributed by atoms with Gasteiger partial charge in [-0.1, -0.05) is 24.3 Å². The van der Waals surface area contributed by atoms with Crippen molar-refractivity contribution in [3.8, 4) is 22.6 Å². The van der Waals surface area contributed by atoms with Crippen molar-refractivity contribution in [3.05, 3.63) is 48.0 Å². The van der Waals surface area contributed by atoms with Gasteiger partial charge in [0, 0.05) is 11.1 Å². The molecule has 0 unspecified atom stereocenters. The summed E-state index contributed by atoms with van der Waals surface area (Å²) in [6.07, 6.45) is 0. The molecule has 0 atom stereocenters. The molecule has 0 fully saturated rings. The van der Waals surface area contributed by atoms with E-state index in [4.69, 9.17) is 5.73 Å². The van der Waals surface area contributed by atoms with E-state index in [2.05, 4.69) is 0 Å². The van der Waals surface area contributed by atoms with Gasteiger partial charge in [-0.3, -0.25) is 4.79 Å². The van der Waals surface area contributed by atoms with E-state index in [-0.39, 0.29) is 22.6 Å². The van der Waals surface area contributed by atoms with Crippen molar-refractivity contribution < 1.29 is 15.0 Å². The molecule has 86 valence electrons. The molecule has 2 aromatic carbocycles. The molecule has 0 saturated carbocycles. The van der Waals surface area contributed by atoms with Crippen LogP contribution in [0.5, 0.6) is 11.5 Å². The van der Waals surface area contributed by atoms with Gasteiger partial charge >= 0.3 is 0 Å². The number of phenolic OH excluding ortho intramolecular Hbond substituents is 2. The lowest BCUT2D eigenvalue weighted by Crippen LogP contribution is -2.12. The summed E-state index contributed by atoms with van der Waals surface area (Å²) in [7, 11) is 0. The van der Waals surface area contributed by atoms with Gasteiger partial charge < -0.3 is 15.9 Å². The number of carbonyl (C=O) groups is 1. The maximum Gasteiger partial charge on any atom is 0.249 e. The SMILES string of the molecule is NC(=O)c1cccc(O)c1-c1ccccc1O. The van der Waals surface area contributed by atoms with Gasteiger partial charge in [0.15, 0.2) is 0 Å². The molecule has 1 amide bonds. The highest BCUT2D eigenvalue weighted by Gasteiger charge is 2.16. The van der Waals surface area contributed by atoms with Crippen LogP contribution in [0.15, 0.2) is 42.5 Å². The molecule has 0 spiro atoms. The number of hydrogen-bond acceptors (Lipinski definition) is 3. The highest BCUT2D eigenvalue weighted by Crippen LogP contribution is 2.37. The summed E-state index contributed by atoms with van der Waals surface area (Å²) in [5.41, 5.74) is 6.03. The molecule has 4 N–H and O–H groups in total. The minimum Gasteiger partial charge on any atom is -0.507 e. The van der Waals surface area contributed by atoms with Crippen molar-refractivity contribution in [3.63, 3.8) is 0 Å². The number of phenols is 2. The van der Waals surface area contributed by atoms with E-state index < -0.39 is 5.91 Å². The van der Waals surface area contributed by atoms with Gasteiger partial charge in [-0.2, -0.15) is 0 Å². The highest BCUT2D eigenvalue weighted by atomic mass is 16.3. The van der Waals surface area contributed by atoms with Crippen LogP contribution < -0.4 is 5.73 Å². The van der Waals surface area contributed by atoms with Crippen LogP contribution in [-0.2, 0) is 0 Å². The first-order valence-electron chi connectivity index (χ1n) is 5.01. The van der Waals surface area contributed by atoms with Gasteiger partial charge in [0.2, 0.25) is 5.91 Å². The number of amides is 1. The third-order valence-corrected chi connectivity index (χ3v) is 2.48. The average molecular weight is 229 g/mol. The van der Waals surface area contributed by atoms with Crippen LogP contribution in [0, 0.1) is 0 Å². The zero-order valence-electron chi connectivity index (χ0n) is 8.92. The summed E-state index contributed by atoms with van der Waals surface area (Å²) >= 11 is 0. The maximum absolute atomic E-state index is 11.3. The summed E-state index contributed by atoms with van der Waals surface area (Å²) in [6, 6.07) is 10.9. The van der Waals surface area contributed by atoms with Crippen LogP contribution in [0.2, 0.25) is 0 Å². The number of rotatable bonds is 2. The standard InChI is InChI=1S/C13H11NO3/c14-13(17)9-5-3-7-11(16)12(9)8-4-1-2-6-10(8)15/h1-7,15-16H,(H2,14,17). The molecule has 0 aromatic heterocycles. The van der Waals surface area contributed by atoms with Crippen molar-refractivity contribution in [2.45, 2.75) is 0 Å². The first-order chi connectivity index (χ1) is 8.11. The number of nitrogens with two attached hydrogens (primary N) is 1. The van der Waals surface area contributed by atoms with E-state index in [1.807, 2.05) is 0 Å². The Balaban J connectivity index is 2.75. The fraction of sp³-hybridized carbons (Fsp3) is 0. The molecule has 4 nitrogen and oxygen atoms in total. The smallest absolute Gasteiger partial charge is 0.249 e. The summed E-state index contributed by atoms with van der Waals surface area (Å²) in [5, 5.41) is 19.5. The molecule has 0 heterocycles. The van der Waals surface area contributed by atoms with E-state index in [0.717, 1.165) is 0 Å². The van der Waals surface area contributed by atoms with Crippen LogP contribution >= 0.6 is 0 Å². The average Bonchev–Trinajstić information content (AvgIpc) is 2.30. The second-order valence-electron chi connectivity index (χ2n) is 3.58. The monoisotopic (exact) mass is 229 g/mol. The Morgan fingerprint density at radius 3 is 2.24 bits per heavy atom. The van der Waals surface area contributed by atoms with Gasteiger partial charge in [0.1, 0.15) is 11.5 Å². The fourth-order valence-corrected chi connectivity index (χ4v) is 1.71. The summed E-state index contributed by atoms with van der Waals surface area (Å²) in [6.45, 7) is 0. The fourth-order valence-electron chi connectivity index (χ4n) is 1.71. The van der Waals surface area contributed by atoms with Crippen molar-refractivity contribution >= 4 is 5.91 Å². The van der Waals surface area contributed by atoms with Crippen molar-refractivity contribution in [1.29, 1.82) is 0 Å². The summed E-state index contributed by atoms with van der Waals surface area (Å²) in [4.78, 5) is 11.3. The lowest BCUT2D eigenvalue weighted by atomic mass is 9.97. The Hall–Kier alpha value is -2.49. The van der Waals surface area contributed by atoms with Crippen LogP contribution in [0.1, 0.15) is 10.4 Å². The third kappa shape index (κ3) is 1.92. The zero-order valence-corrected chi connectivity index (χ0v) is 8.92. The van der Waals surface area contributed by atoms with Gasteiger partial charge in [0.25, 0.3) is 0 Å². The van der Waals surface area contributed by atoms with Crippen molar-refractivity contribution in [2.24, 2.45) is 5.73 Å². The molecule has 0 aliphatic heterocycles. The van der Waals surface area contributed by atoms with Crippen molar-refractivity contribution in [1.82, 2.24) is 0 Å². The van der Waals surface area contributed by atoms with Gasteiger partial charge in [-0.05, 0) is 18.2 Å². The molecule has 0 aliphatic carbocycles. The predicted molar refractivity (Wildman–Crippen MR) is 63.7 cm³/mol. The van der Waals surface area contributed by atoms with Gasteiger partial charge in [0.05, 0.1) is 5.56 Å². The molecule has 0 aliphatic rings. The number of primary amides is 1. The Morgan fingerprint density at radius 2 is 1.59 bits per heavy atom. The number of benzene rings is 2. The minimum absolute atomic E-state index is 0.0171. The lowest BCUT2D eigenvalue weighted by molar-refractivity contribution is 0.100. The first kappa shape index (κ1) is 11.0. The topological polar surface area (TPSA) is 83.6 Å². The zero-order chi connectivity index (χ0) is 12.4. The molecule has 4 heteroatoms. The minimum atomic E-state index is -0.654. The molecule has 0 radical (unpaired) electrons. The van der Waals surface area contributed by atoms with E-state index in [1.54, 1.807) is 18.2 Å². The Bertz CT molecular complexity index is 579. The third-order valence-electron chi connectivity index (χ3n) is 2.48. The molecule has 0 saturated heterocycles. The summed E-state index contributed by atoms with van der Waals surface area (Å²) < 4.78 is 0. The predicted octanol–water partition coefficient (Wildman–Crippen LogP) is 1.86. The molecule has 0 bridgehead atoms. The van der Waals surface area contributed by atoms with Crippen LogP contribution in [0.3, 0.4) is 0 Å². The van der Waals surface area contributed by atoms with E-state index in [0.29, 0.717) is 5.56 Å². The number of aromatic hydroxyl groups is 2. The number of carbonyl (C=O) groups excluding carboxylic acids is 1. The molecule has 2 rings (SSSR count). The van der Waals surface area contributed by atoms with Crippen LogP contribution in [0.4, 0.5) is 0 Å². The number of para-hydroxylation sites is 1. The molecule has 2 aromatic rings. The second-order valence-corrected chi connectivity index (χ2v) is 3.58. The highest BCUT2D eigenvalue weighted by molar-refractivity contribution is 6.02. The molecular weight excluding hydrogens is 218 g/mol. The largest absolute Gasteiger partial charge is 0.507 e. The maximum atomic E-state index is 11.3. The van der Waals surface area contributed by atoms with Crippen molar-refractivity contribution in [2.75, 3.05) is 0 Å². The Labute approximate surface area is 97.9 Å². The summed E-state index contributed by atoms with van der Waals surface area (Å²) in [5.74, 6) is -0.765. The van der Waals surface area contributed by atoms with E-state index in [9.17, 15) is 15.0 Å². The first-order valence-corrected chi connectivity index (χ1v) is 5.01. The Morgan fingerprint density at radius 1 is 0.941 bits per heavy atom. The second kappa shape index (κ2) is 4.17. The van der Waals surface area contributed by atoms with Gasteiger partial charge in [-0.15, -0.1) is 0 Å². The van der Waals surface area contributed by atoms with Crippen LogP contribution in [-0.4, -0.2) is 16.1 Å². The lowest BCUT2D eigenvalue weighted by Gasteiger charge is -2.10. The quantitative estimate of drug-likeness (QED) is 0.735. The molecular formula is C13H11NO3. The van der Waals surface area contributed by atoms with Gasteiger partial charge in [-0.25, -0.2) is 0 Å². The van der Waals surface area contributed by atoms with E-state index >= 15 is 0 Å². The normalized spacial score (nSPS) is 10.1. The van der Waals surface area contributed by atoms with E-state index in [1.165, 1.54) is 24.3 Å². The molecule has 17 heavy (non-hydrogen) atoms. The number of hydrogen-bond donors (Lipinski definition) is 3. The Kier molecular flexibility index (Phi) is 2.70.